The van der Waals surface area contributed by atoms with Crippen LogP contribution in [-0.4, -0.2) is 35.1 Å². The van der Waals surface area contributed by atoms with Crippen molar-refractivity contribution in [2.24, 2.45) is 5.73 Å². The van der Waals surface area contributed by atoms with E-state index in [4.69, 9.17) is 11.1 Å². The molecule has 98 valence electrons. The summed E-state index contributed by atoms with van der Waals surface area (Å²) in [5, 5.41) is 17.3. The molecule has 0 spiro atoms. The minimum Gasteiger partial charge on any atom is -0.391 e. The molecule has 5 nitrogen and oxygen atoms in total. The predicted molar refractivity (Wildman–Crippen MR) is 71.9 cm³/mol. The van der Waals surface area contributed by atoms with Crippen LogP contribution in [0.4, 0.5) is 5.82 Å². The van der Waals surface area contributed by atoms with Gasteiger partial charge in [0.05, 0.1) is 12.1 Å². The summed E-state index contributed by atoms with van der Waals surface area (Å²) in [4.78, 5) is 6.33. The number of pyridine rings is 1. The first-order chi connectivity index (χ1) is 8.59. The third-order valence-corrected chi connectivity index (χ3v) is 3.61. The van der Waals surface area contributed by atoms with Crippen LogP contribution < -0.4 is 10.6 Å². The molecule has 1 aliphatic rings. The number of nitrogens with one attached hydrogen (secondary N) is 1. The highest BCUT2D eigenvalue weighted by atomic mass is 16.3. The van der Waals surface area contributed by atoms with Gasteiger partial charge in [0, 0.05) is 18.8 Å². The SMILES string of the molecule is CN(c1ccc(C(=N)N)cn1)C1CCCCC1O. The minimum atomic E-state index is -0.280. The molecule has 5 heteroatoms. The molecule has 0 aromatic carbocycles. The average Bonchev–Trinajstić information content (AvgIpc) is 2.38. The van der Waals surface area contributed by atoms with Crippen molar-refractivity contribution in [3.05, 3.63) is 23.9 Å². The number of aliphatic hydroxyl groups excluding tert-OH is 1. The highest BCUT2D eigenvalue weighted by Gasteiger charge is 2.27. The molecule has 18 heavy (non-hydrogen) atoms. The molecule has 1 aromatic rings. The summed E-state index contributed by atoms with van der Waals surface area (Å²) in [6.45, 7) is 0. The van der Waals surface area contributed by atoms with Crippen molar-refractivity contribution in [2.75, 3.05) is 11.9 Å². The molecule has 0 saturated heterocycles. The molecule has 2 atom stereocenters. The number of hydrogen-bond donors (Lipinski definition) is 3. The highest BCUT2D eigenvalue weighted by Crippen LogP contribution is 2.25. The van der Waals surface area contributed by atoms with E-state index in [1.54, 1.807) is 12.3 Å². The van der Waals surface area contributed by atoms with Gasteiger partial charge in [0.15, 0.2) is 0 Å². The van der Waals surface area contributed by atoms with Crippen LogP contribution >= 0.6 is 0 Å². The fraction of sp³-hybridized carbons (Fsp3) is 0.538. The van der Waals surface area contributed by atoms with Crippen LogP contribution in [0.3, 0.4) is 0 Å². The average molecular weight is 248 g/mol. The van der Waals surface area contributed by atoms with Crippen molar-refractivity contribution < 1.29 is 5.11 Å². The zero-order valence-corrected chi connectivity index (χ0v) is 10.6. The van der Waals surface area contributed by atoms with Crippen molar-refractivity contribution in [2.45, 2.75) is 37.8 Å². The molecule has 1 aromatic heterocycles. The summed E-state index contributed by atoms with van der Waals surface area (Å²) in [6.07, 6.45) is 5.43. The summed E-state index contributed by atoms with van der Waals surface area (Å²) >= 11 is 0. The van der Waals surface area contributed by atoms with Gasteiger partial charge in [-0.15, -0.1) is 0 Å². The zero-order valence-electron chi connectivity index (χ0n) is 10.6. The Balaban J connectivity index is 2.12. The van der Waals surface area contributed by atoms with E-state index in [1.165, 1.54) is 0 Å². The van der Waals surface area contributed by atoms with Gasteiger partial charge < -0.3 is 15.7 Å². The summed E-state index contributed by atoms with van der Waals surface area (Å²) < 4.78 is 0. The van der Waals surface area contributed by atoms with Gasteiger partial charge in [-0.2, -0.15) is 0 Å². The van der Waals surface area contributed by atoms with Crippen LogP contribution in [-0.2, 0) is 0 Å². The number of aromatic nitrogens is 1. The highest BCUT2D eigenvalue weighted by molar-refractivity contribution is 5.94. The number of rotatable bonds is 3. The van der Waals surface area contributed by atoms with Crippen molar-refractivity contribution in [1.82, 2.24) is 4.98 Å². The Morgan fingerprint density at radius 1 is 1.44 bits per heavy atom. The van der Waals surface area contributed by atoms with Gasteiger partial charge >= 0.3 is 0 Å². The molecule has 2 rings (SSSR count). The summed E-state index contributed by atoms with van der Waals surface area (Å²) in [5.41, 5.74) is 6.02. The van der Waals surface area contributed by atoms with Crippen LogP contribution in [0.15, 0.2) is 18.3 Å². The molecule has 1 saturated carbocycles. The van der Waals surface area contributed by atoms with Crippen LogP contribution in [0, 0.1) is 5.41 Å². The molecule has 0 bridgehead atoms. The maximum absolute atomic E-state index is 10.0. The van der Waals surface area contributed by atoms with E-state index in [0.29, 0.717) is 5.56 Å². The van der Waals surface area contributed by atoms with E-state index < -0.39 is 0 Å². The maximum atomic E-state index is 10.0. The number of aliphatic hydroxyl groups is 1. The fourth-order valence-corrected chi connectivity index (χ4v) is 2.47. The number of amidine groups is 1. The number of anilines is 1. The first-order valence-electron chi connectivity index (χ1n) is 6.31. The van der Waals surface area contributed by atoms with Crippen LogP contribution in [0.2, 0.25) is 0 Å². The quantitative estimate of drug-likeness (QED) is 0.552. The second-order valence-electron chi connectivity index (χ2n) is 4.85. The van der Waals surface area contributed by atoms with E-state index >= 15 is 0 Å². The number of nitrogens with zero attached hydrogens (tertiary/aromatic N) is 2. The van der Waals surface area contributed by atoms with E-state index in [0.717, 1.165) is 31.5 Å². The van der Waals surface area contributed by atoms with Crippen LogP contribution in [0.1, 0.15) is 31.2 Å². The smallest absolute Gasteiger partial charge is 0.128 e. The Kier molecular flexibility index (Phi) is 3.81. The Morgan fingerprint density at radius 3 is 2.72 bits per heavy atom. The molecule has 0 amide bonds. The second-order valence-corrected chi connectivity index (χ2v) is 4.85. The molecule has 2 unspecified atom stereocenters. The molecule has 1 fully saturated rings. The summed E-state index contributed by atoms with van der Waals surface area (Å²) in [7, 11) is 1.95. The lowest BCUT2D eigenvalue weighted by Gasteiger charge is -2.35. The lowest BCUT2D eigenvalue weighted by atomic mass is 9.91. The molecular weight excluding hydrogens is 228 g/mol. The molecule has 0 aliphatic heterocycles. The van der Waals surface area contributed by atoms with Gasteiger partial charge in [0.1, 0.15) is 11.7 Å². The number of nitrogens with two attached hydrogens (primary N) is 1. The van der Waals surface area contributed by atoms with E-state index in [1.807, 2.05) is 18.0 Å². The number of hydrogen-bond acceptors (Lipinski definition) is 4. The van der Waals surface area contributed by atoms with E-state index in [-0.39, 0.29) is 18.0 Å². The van der Waals surface area contributed by atoms with Gasteiger partial charge in [-0.25, -0.2) is 4.98 Å². The molecule has 1 heterocycles. The van der Waals surface area contributed by atoms with Crippen LogP contribution in [0.25, 0.3) is 0 Å². The number of nitrogen functional groups attached to an aromatic ring is 1. The lowest BCUT2D eigenvalue weighted by Crippen LogP contribution is -2.43. The van der Waals surface area contributed by atoms with Crippen molar-refractivity contribution >= 4 is 11.7 Å². The number of likely N-dealkylation sites (N-methyl/N-ethyl adjacent to an activating group) is 1. The normalized spacial score (nSPS) is 23.7. The molecule has 0 radical (unpaired) electrons. The third kappa shape index (κ3) is 2.61. The van der Waals surface area contributed by atoms with Crippen LogP contribution in [0.5, 0.6) is 0 Å². The zero-order chi connectivity index (χ0) is 13.1. The van der Waals surface area contributed by atoms with Gasteiger partial charge in [-0.05, 0) is 25.0 Å². The molecule has 4 N–H and O–H groups in total. The van der Waals surface area contributed by atoms with E-state index in [2.05, 4.69) is 4.98 Å². The van der Waals surface area contributed by atoms with Gasteiger partial charge in [0.2, 0.25) is 0 Å². The first-order valence-corrected chi connectivity index (χ1v) is 6.31. The molecule has 1 aliphatic carbocycles. The monoisotopic (exact) mass is 248 g/mol. The summed E-state index contributed by atoms with van der Waals surface area (Å²) in [6, 6.07) is 3.77. The molecular formula is C13H20N4O. The van der Waals surface area contributed by atoms with E-state index in [9.17, 15) is 5.11 Å². The Morgan fingerprint density at radius 2 is 2.17 bits per heavy atom. The predicted octanol–water partition coefficient (Wildman–Crippen LogP) is 1.11. The topological polar surface area (TPSA) is 86.2 Å². The fourth-order valence-electron chi connectivity index (χ4n) is 2.47. The largest absolute Gasteiger partial charge is 0.391 e. The van der Waals surface area contributed by atoms with Crippen molar-refractivity contribution in [3.63, 3.8) is 0 Å². The first kappa shape index (κ1) is 12.8. The van der Waals surface area contributed by atoms with Gasteiger partial charge in [-0.1, -0.05) is 12.8 Å². The van der Waals surface area contributed by atoms with Crippen molar-refractivity contribution in [1.29, 1.82) is 5.41 Å². The Bertz CT molecular complexity index is 418. The maximum Gasteiger partial charge on any atom is 0.128 e. The second kappa shape index (κ2) is 5.35. The van der Waals surface area contributed by atoms with Crippen molar-refractivity contribution in [3.8, 4) is 0 Å². The summed E-state index contributed by atoms with van der Waals surface area (Å²) in [5.74, 6) is 0.834. The van der Waals surface area contributed by atoms with Gasteiger partial charge in [0.25, 0.3) is 0 Å². The Labute approximate surface area is 107 Å². The lowest BCUT2D eigenvalue weighted by molar-refractivity contribution is 0.106. The standard InChI is InChI=1S/C13H20N4O/c1-17(10-4-2-3-5-11(10)18)12-7-6-9(8-16-12)13(14)15/h6-8,10-11,18H,2-5H2,1H3,(H3,14,15). The van der Waals surface area contributed by atoms with Gasteiger partial charge in [-0.3, -0.25) is 5.41 Å². The minimum absolute atomic E-state index is 0.0226. The Hall–Kier alpha value is -1.62. The third-order valence-electron chi connectivity index (χ3n) is 3.61.